The van der Waals surface area contributed by atoms with Crippen LogP contribution in [0.15, 0.2) is 54.3 Å². The van der Waals surface area contributed by atoms with Gasteiger partial charge in [-0.05, 0) is 23.9 Å². The molecule has 1 amide bonds. The summed E-state index contributed by atoms with van der Waals surface area (Å²) in [4.78, 5) is 27.1. The molecular formula is C22H22N6OS. The first-order valence-corrected chi connectivity index (χ1v) is 10.9. The normalized spacial score (nSPS) is 14.4. The summed E-state index contributed by atoms with van der Waals surface area (Å²) in [5.74, 6) is 1.01. The van der Waals surface area contributed by atoms with Crippen molar-refractivity contribution < 1.29 is 4.79 Å². The van der Waals surface area contributed by atoms with Crippen molar-refractivity contribution in [1.29, 1.82) is 0 Å². The Labute approximate surface area is 178 Å². The van der Waals surface area contributed by atoms with Gasteiger partial charge in [0.25, 0.3) is 5.91 Å². The standard InChI is InChI=1S/C22H22N6OS/c1-16-19(13-25-28(16)14-17-5-3-2-4-6-17)22(29)27-10-8-26(9-11-27)20-18-7-12-30-21(18)24-15-23-20/h2-7,12-13,15H,8-11,14H2,1H3. The van der Waals surface area contributed by atoms with E-state index in [0.717, 1.165) is 34.8 Å². The molecule has 0 saturated carbocycles. The summed E-state index contributed by atoms with van der Waals surface area (Å²) in [5, 5.41) is 7.58. The molecule has 1 aromatic carbocycles. The summed E-state index contributed by atoms with van der Waals surface area (Å²) in [6.07, 6.45) is 3.32. The van der Waals surface area contributed by atoms with E-state index in [-0.39, 0.29) is 5.91 Å². The molecule has 7 nitrogen and oxygen atoms in total. The number of aromatic nitrogens is 4. The molecule has 1 aliphatic heterocycles. The Bertz CT molecular complexity index is 1180. The average Bonchev–Trinajstić information content (AvgIpc) is 3.41. The number of nitrogens with zero attached hydrogens (tertiary/aromatic N) is 6. The van der Waals surface area contributed by atoms with Crippen LogP contribution >= 0.6 is 11.3 Å². The van der Waals surface area contributed by atoms with Gasteiger partial charge in [-0.1, -0.05) is 30.3 Å². The lowest BCUT2D eigenvalue weighted by molar-refractivity contribution is 0.0745. The Morgan fingerprint density at radius 3 is 2.67 bits per heavy atom. The second kappa shape index (κ2) is 7.87. The van der Waals surface area contributed by atoms with E-state index in [1.54, 1.807) is 23.9 Å². The van der Waals surface area contributed by atoms with E-state index in [2.05, 4.69) is 38.2 Å². The first-order chi connectivity index (χ1) is 14.7. The van der Waals surface area contributed by atoms with Gasteiger partial charge in [-0.15, -0.1) is 11.3 Å². The van der Waals surface area contributed by atoms with Crippen LogP contribution in [0.2, 0.25) is 0 Å². The van der Waals surface area contributed by atoms with Crippen molar-refractivity contribution >= 4 is 33.3 Å². The molecule has 0 atom stereocenters. The molecule has 1 fully saturated rings. The summed E-state index contributed by atoms with van der Waals surface area (Å²) in [7, 11) is 0. The smallest absolute Gasteiger partial charge is 0.257 e. The second-order valence-corrected chi connectivity index (χ2v) is 8.30. The molecule has 4 heterocycles. The number of rotatable bonds is 4. The van der Waals surface area contributed by atoms with Crippen molar-refractivity contribution in [2.45, 2.75) is 13.5 Å². The Kier molecular flexibility index (Phi) is 4.92. The number of hydrogen-bond acceptors (Lipinski definition) is 6. The Balaban J connectivity index is 1.28. The van der Waals surface area contributed by atoms with Gasteiger partial charge in [-0.2, -0.15) is 5.10 Å². The molecule has 1 saturated heterocycles. The SMILES string of the molecule is Cc1c(C(=O)N2CCN(c3ncnc4sccc34)CC2)cnn1Cc1ccccc1. The van der Waals surface area contributed by atoms with Crippen molar-refractivity contribution in [3.8, 4) is 0 Å². The molecule has 5 rings (SSSR count). The summed E-state index contributed by atoms with van der Waals surface area (Å²) in [6, 6.07) is 12.2. The minimum atomic E-state index is 0.0508. The molecule has 0 N–H and O–H groups in total. The Morgan fingerprint density at radius 1 is 1.07 bits per heavy atom. The van der Waals surface area contributed by atoms with Crippen LogP contribution in [0.1, 0.15) is 21.6 Å². The fourth-order valence-corrected chi connectivity index (χ4v) is 4.62. The molecule has 1 aliphatic rings. The maximum Gasteiger partial charge on any atom is 0.257 e. The van der Waals surface area contributed by atoms with E-state index in [9.17, 15) is 4.79 Å². The van der Waals surface area contributed by atoms with Crippen LogP contribution in [-0.2, 0) is 6.54 Å². The maximum absolute atomic E-state index is 13.1. The molecule has 3 aromatic heterocycles. The van der Waals surface area contributed by atoms with Crippen molar-refractivity contribution in [3.63, 3.8) is 0 Å². The highest BCUT2D eigenvalue weighted by molar-refractivity contribution is 7.16. The van der Waals surface area contributed by atoms with Gasteiger partial charge in [0.05, 0.1) is 23.7 Å². The molecule has 0 bridgehead atoms. The Hall–Kier alpha value is -3.26. The fraction of sp³-hybridized carbons (Fsp3) is 0.273. The number of benzene rings is 1. The quantitative estimate of drug-likeness (QED) is 0.509. The van der Waals surface area contributed by atoms with E-state index >= 15 is 0 Å². The number of amides is 1. The van der Waals surface area contributed by atoms with E-state index in [1.165, 1.54) is 5.56 Å². The number of piperazine rings is 1. The topological polar surface area (TPSA) is 67.2 Å². The predicted octanol–water partition coefficient (Wildman–Crippen LogP) is 3.21. The highest BCUT2D eigenvalue weighted by Crippen LogP contribution is 2.27. The van der Waals surface area contributed by atoms with Crippen LogP contribution in [0.25, 0.3) is 10.2 Å². The zero-order chi connectivity index (χ0) is 20.5. The van der Waals surface area contributed by atoms with Gasteiger partial charge in [-0.25, -0.2) is 9.97 Å². The maximum atomic E-state index is 13.1. The van der Waals surface area contributed by atoms with Gasteiger partial charge >= 0.3 is 0 Å². The van der Waals surface area contributed by atoms with E-state index < -0.39 is 0 Å². The lowest BCUT2D eigenvalue weighted by atomic mass is 10.2. The highest BCUT2D eigenvalue weighted by atomic mass is 32.1. The van der Waals surface area contributed by atoms with Crippen LogP contribution < -0.4 is 4.90 Å². The number of fused-ring (bicyclic) bond motifs is 1. The summed E-state index contributed by atoms with van der Waals surface area (Å²) in [6.45, 7) is 5.47. The zero-order valence-corrected chi connectivity index (χ0v) is 17.5. The fourth-order valence-electron chi connectivity index (χ4n) is 3.89. The molecule has 152 valence electrons. The van der Waals surface area contributed by atoms with Crippen LogP contribution in [0.5, 0.6) is 0 Å². The van der Waals surface area contributed by atoms with E-state index in [4.69, 9.17) is 0 Å². The predicted molar refractivity (Wildman–Crippen MR) is 118 cm³/mol. The van der Waals surface area contributed by atoms with Gasteiger partial charge < -0.3 is 9.80 Å². The Morgan fingerprint density at radius 2 is 1.87 bits per heavy atom. The first-order valence-electron chi connectivity index (χ1n) is 9.99. The van der Waals surface area contributed by atoms with Crippen molar-refractivity contribution in [2.24, 2.45) is 0 Å². The monoisotopic (exact) mass is 418 g/mol. The molecule has 8 heteroatoms. The van der Waals surface area contributed by atoms with Gasteiger partial charge in [0.2, 0.25) is 0 Å². The highest BCUT2D eigenvalue weighted by Gasteiger charge is 2.26. The van der Waals surface area contributed by atoms with Crippen molar-refractivity contribution in [3.05, 3.63) is 71.1 Å². The number of thiophene rings is 1. The summed E-state index contributed by atoms with van der Waals surface area (Å²) < 4.78 is 1.90. The van der Waals surface area contributed by atoms with Gasteiger partial charge in [0.15, 0.2) is 0 Å². The third-order valence-corrected chi connectivity index (χ3v) is 6.44. The third-order valence-electron chi connectivity index (χ3n) is 5.62. The lowest BCUT2D eigenvalue weighted by Crippen LogP contribution is -2.49. The minimum absolute atomic E-state index is 0.0508. The average molecular weight is 419 g/mol. The van der Waals surface area contributed by atoms with Crippen LogP contribution in [0.3, 0.4) is 0 Å². The third kappa shape index (κ3) is 3.43. The van der Waals surface area contributed by atoms with Gasteiger partial charge in [0, 0.05) is 31.9 Å². The molecule has 0 aliphatic carbocycles. The van der Waals surface area contributed by atoms with Gasteiger partial charge in [-0.3, -0.25) is 9.48 Å². The number of carbonyl (C=O) groups excluding carboxylic acids is 1. The molecule has 4 aromatic rings. The summed E-state index contributed by atoms with van der Waals surface area (Å²) >= 11 is 1.62. The molecule has 0 unspecified atom stereocenters. The molecular weight excluding hydrogens is 396 g/mol. The van der Waals surface area contributed by atoms with Gasteiger partial charge in [0.1, 0.15) is 17.0 Å². The molecule has 0 radical (unpaired) electrons. The van der Waals surface area contributed by atoms with E-state index in [0.29, 0.717) is 25.2 Å². The lowest BCUT2D eigenvalue weighted by Gasteiger charge is -2.35. The number of hydrogen-bond donors (Lipinski definition) is 0. The van der Waals surface area contributed by atoms with Crippen molar-refractivity contribution in [2.75, 3.05) is 31.1 Å². The van der Waals surface area contributed by atoms with Crippen LogP contribution in [-0.4, -0.2) is 56.7 Å². The van der Waals surface area contributed by atoms with E-state index in [1.807, 2.05) is 40.1 Å². The second-order valence-electron chi connectivity index (χ2n) is 7.40. The van der Waals surface area contributed by atoms with Crippen LogP contribution in [0, 0.1) is 6.92 Å². The largest absolute Gasteiger partial charge is 0.352 e. The molecule has 30 heavy (non-hydrogen) atoms. The zero-order valence-electron chi connectivity index (χ0n) is 16.7. The number of anilines is 1. The van der Waals surface area contributed by atoms with Crippen molar-refractivity contribution in [1.82, 2.24) is 24.6 Å². The first kappa shape index (κ1) is 18.7. The van der Waals surface area contributed by atoms with Crippen LogP contribution in [0.4, 0.5) is 5.82 Å². The summed E-state index contributed by atoms with van der Waals surface area (Å²) in [5.41, 5.74) is 2.75. The minimum Gasteiger partial charge on any atom is -0.352 e. The molecule has 0 spiro atoms. The number of carbonyl (C=O) groups is 1.